The number of rotatable bonds is 13. The topological polar surface area (TPSA) is 252 Å². The maximum absolute atomic E-state index is 12.7. The molecule has 0 aliphatic carbocycles. The van der Waals surface area contributed by atoms with Crippen LogP contribution in [0.1, 0.15) is 11.1 Å². The van der Waals surface area contributed by atoms with Gasteiger partial charge in [-0.1, -0.05) is 42.5 Å². The van der Waals surface area contributed by atoms with Gasteiger partial charge in [0.1, 0.15) is 47.9 Å². The molecule has 0 fully saturated rings. The first-order chi connectivity index (χ1) is 28.3. The van der Waals surface area contributed by atoms with Gasteiger partial charge in [-0.3, -0.25) is 29.3 Å². The van der Waals surface area contributed by atoms with E-state index in [0.29, 0.717) is 44.7 Å². The number of nitrogens with zero attached hydrogens (tertiary/aromatic N) is 5. The Hall–Kier alpha value is -8.70. The number of nitro groups is 1. The first kappa shape index (κ1) is 41.5. The van der Waals surface area contributed by atoms with E-state index in [4.69, 9.17) is 19.7 Å². The number of nitro benzene ring substituents is 1. The van der Waals surface area contributed by atoms with E-state index in [-0.39, 0.29) is 35.6 Å². The van der Waals surface area contributed by atoms with Gasteiger partial charge in [0.25, 0.3) is 17.5 Å². The molecule has 17 nitrogen and oxygen atoms in total. The molecule has 6 rings (SSSR count). The summed E-state index contributed by atoms with van der Waals surface area (Å²) in [5.41, 5.74) is 2.46. The summed E-state index contributed by atoms with van der Waals surface area (Å²) >= 11 is 0. The van der Waals surface area contributed by atoms with Crippen molar-refractivity contribution in [3.05, 3.63) is 136 Å². The van der Waals surface area contributed by atoms with Gasteiger partial charge in [0.15, 0.2) is 0 Å². The summed E-state index contributed by atoms with van der Waals surface area (Å²) in [4.78, 5) is 57.7. The molecule has 0 aliphatic heterocycles. The van der Waals surface area contributed by atoms with Gasteiger partial charge in [0.2, 0.25) is 0 Å². The van der Waals surface area contributed by atoms with Gasteiger partial charge >= 0.3 is 11.9 Å². The fraction of sp³-hybridized carbons (Fsp3) is 0.0952. The molecule has 0 aliphatic rings. The van der Waals surface area contributed by atoms with Crippen LogP contribution < -0.4 is 20.1 Å². The Balaban J connectivity index is 0.000000224. The highest BCUT2D eigenvalue weighted by atomic mass is 16.6. The van der Waals surface area contributed by atoms with Crippen LogP contribution in [0.25, 0.3) is 34.0 Å². The number of amides is 2. The second kappa shape index (κ2) is 18.8. The highest BCUT2D eigenvalue weighted by Gasteiger charge is 2.17. The molecule has 4 aromatic carbocycles. The Morgan fingerprint density at radius 2 is 1.15 bits per heavy atom. The van der Waals surface area contributed by atoms with Gasteiger partial charge in [-0.15, -0.1) is 0 Å². The molecular formula is C42H33N7O10. The first-order valence-corrected chi connectivity index (χ1v) is 17.3. The Morgan fingerprint density at radius 3 is 1.58 bits per heavy atom. The lowest BCUT2D eigenvalue weighted by atomic mass is 10.1. The fourth-order valence-electron chi connectivity index (χ4n) is 5.92. The average molecular weight is 796 g/mol. The number of ether oxygens (including phenoxy) is 2. The molecular weight excluding hydrogens is 763 g/mol. The molecule has 6 aromatic rings. The predicted molar refractivity (Wildman–Crippen MR) is 216 cm³/mol. The fourth-order valence-corrected chi connectivity index (χ4v) is 5.92. The third kappa shape index (κ3) is 10.3. The van der Waals surface area contributed by atoms with Crippen LogP contribution in [0.15, 0.2) is 115 Å². The Morgan fingerprint density at radius 1 is 0.695 bits per heavy atom. The van der Waals surface area contributed by atoms with Gasteiger partial charge in [-0.25, -0.2) is 0 Å². The minimum Gasteiger partial charge on any atom is -0.497 e. The lowest BCUT2D eigenvalue weighted by Crippen LogP contribution is -2.13. The predicted octanol–water partition coefficient (Wildman–Crippen LogP) is 6.47. The van der Waals surface area contributed by atoms with E-state index < -0.39 is 28.7 Å². The lowest BCUT2D eigenvalue weighted by molar-refractivity contribution is -0.384. The van der Waals surface area contributed by atoms with Crippen LogP contribution in [-0.4, -0.2) is 62.2 Å². The van der Waals surface area contributed by atoms with Crippen LogP contribution in [0.3, 0.4) is 0 Å². The van der Waals surface area contributed by atoms with Gasteiger partial charge in [-0.2, -0.15) is 10.5 Å². The number of methoxy groups -OCH3 is 2. The van der Waals surface area contributed by atoms with Crippen molar-refractivity contribution < 1.29 is 43.8 Å². The summed E-state index contributed by atoms with van der Waals surface area (Å²) in [5, 5.41) is 54.6. The summed E-state index contributed by atoms with van der Waals surface area (Å²) in [6, 6.07) is 28.2. The third-order valence-corrected chi connectivity index (χ3v) is 8.50. The number of hydrogen-bond acceptors (Lipinski definition) is 10. The number of nitriles is 2. The van der Waals surface area contributed by atoms with Gasteiger partial charge in [-0.05, 0) is 30.4 Å². The molecule has 2 aromatic heterocycles. The summed E-state index contributed by atoms with van der Waals surface area (Å²) < 4.78 is 13.4. The number of aliphatic carboxylic acids is 2. The molecule has 0 atom stereocenters. The van der Waals surface area contributed by atoms with Crippen LogP contribution in [0.5, 0.6) is 11.5 Å². The standard InChI is InChI=1S/C22H19N3O5.C20H14N4O5/c1-29-17-8-16(9-18(10-17)30-2)24-22(28)14(11-23)7-15-12-25(13-21(26)27)20-6-4-3-5-19(15)20;21-10-13(20(27)22-15-4-3-5-16(9-15)24(28)29)8-14-11-23(12-19(25)26)18-7-2-1-6-17(14)18/h3-10,12H,13H2,1-2H3,(H,24,28)(H,26,27);1-9,11H,12H2,(H,22,27)(H,25,26). The quantitative estimate of drug-likeness (QED) is 0.0425. The molecule has 0 unspecified atom stereocenters. The molecule has 17 heteroatoms. The second-order valence-corrected chi connectivity index (χ2v) is 12.4. The number of nitrogens with one attached hydrogen (secondary N) is 2. The molecule has 2 heterocycles. The van der Waals surface area contributed by atoms with Crippen LogP contribution in [0.2, 0.25) is 0 Å². The van der Waals surface area contributed by atoms with Crippen molar-refractivity contribution in [3.8, 4) is 23.6 Å². The SMILES string of the molecule is COc1cc(NC(=O)C(C#N)=Cc2cn(CC(=O)O)c3ccccc23)cc(OC)c1.N#CC(=Cc1cn(CC(=O)O)c2ccccc12)C(=O)Nc1cccc([N+](=O)[O-])c1. The maximum Gasteiger partial charge on any atom is 0.323 e. The smallest absolute Gasteiger partial charge is 0.323 e. The first-order valence-electron chi connectivity index (χ1n) is 17.3. The number of anilines is 2. The summed E-state index contributed by atoms with van der Waals surface area (Å²) in [5.74, 6) is -2.37. The number of carboxylic acids is 2. The van der Waals surface area contributed by atoms with Crippen LogP contribution in [0, 0.1) is 32.8 Å². The monoisotopic (exact) mass is 795 g/mol. The highest BCUT2D eigenvalue weighted by molar-refractivity contribution is 6.12. The zero-order valence-corrected chi connectivity index (χ0v) is 31.3. The number of non-ortho nitro benzene ring substituents is 1. The Kier molecular flexibility index (Phi) is 13.2. The molecule has 4 N–H and O–H groups in total. The molecule has 296 valence electrons. The van der Waals surface area contributed by atoms with Crippen molar-refractivity contribution in [1.82, 2.24) is 9.13 Å². The number of hydrogen-bond donors (Lipinski definition) is 4. The van der Waals surface area contributed by atoms with Gasteiger partial charge in [0, 0.05) is 87.0 Å². The van der Waals surface area contributed by atoms with E-state index in [1.165, 1.54) is 55.2 Å². The Bertz CT molecular complexity index is 2750. The minimum atomic E-state index is -1.02. The Labute approximate surface area is 335 Å². The summed E-state index contributed by atoms with van der Waals surface area (Å²) in [7, 11) is 2.99. The van der Waals surface area contributed by atoms with E-state index in [9.17, 15) is 39.8 Å². The van der Waals surface area contributed by atoms with Crippen LogP contribution in [-0.2, 0) is 32.3 Å². The molecule has 0 bridgehead atoms. The molecule has 0 spiro atoms. The average Bonchev–Trinajstić information content (AvgIpc) is 3.74. The van der Waals surface area contributed by atoms with Crippen molar-refractivity contribution >= 4 is 74.8 Å². The van der Waals surface area contributed by atoms with Crippen molar-refractivity contribution in [3.63, 3.8) is 0 Å². The van der Waals surface area contributed by atoms with Crippen LogP contribution >= 0.6 is 0 Å². The number of fused-ring (bicyclic) bond motifs is 2. The van der Waals surface area contributed by atoms with Gasteiger partial charge < -0.3 is 39.5 Å². The van der Waals surface area contributed by atoms with E-state index in [0.717, 1.165) is 5.39 Å². The van der Waals surface area contributed by atoms with Crippen molar-refractivity contribution in [1.29, 1.82) is 10.5 Å². The lowest BCUT2D eigenvalue weighted by Gasteiger charge is -2.09. The van der Waals surface area contributed by atoms with Crippen LogP contribution in [0.4, 0.5) is 17.1 Å². The molecule has 2 amide bonds. The number of carboxylic acid groups (broad SMARTS) is 2. The zero-order chi connectivity index (χ0) is 42.6. The van der Waals surface area contributed by atoms with Crippen molar-refractivity contribution in [2.24, 2.45) is 0 Å². The van der Waals surface area contributed by atoms with E-state index in [2.05, 4.69) is 10.6 Å². The van der Waals surface area contributed by atoms with E-state index in [1.807, 2.05) is 12.1 Å². The largest absolute Gasteiger partial charge is 0.497 e. The highest BCUT2D eigenvalue weighted by Crippen LogP contribution is 2.28. The van der Waals surface area contributed by atoms with Crippen molar-refractivity contribution in [2.45, 2.75) is 13.1 Å². The second-order valence-electron chi connectivity index (χ2n) is 12.4. The summed E-state index contributed by atoms with van der Waals surface area (Å²) in [6.07, 6.45) is 5.95. The van der Waals surface area contributed by atoms with E-state index >= 15 is 0 Å². The molecule has 0 radical (unpaired) electrons. The number of carbonyl (C=O) groups excluding carboxylic acids is 2. The number of para-hydroxylation sites is 2. The van der Waals surface area contributed by atoms with Gasteiger partial charge in [0.05, 0.1) is 19.1 Å². The molecule has 59 heavy (non-hydrogen) atoms. The number of aromatic nitrogens is 2. The zero-order valence-electron chi connectivity index (χ0n) is 31.3. The normalized spacial score (nSPS) is 11.1. The molecule has 0 saturated heterocycles. The maximum atomic E-state index is 12.7. The number of carbonyl (C=O) groups is 4. The third-order valence-electron chi connectivity index (χ3n) is 8.50. The minimum absolute atomic E-state index is 0.130. The number of benzene rings is 4. The summed E-state index contributed by atoms with van der Waals surface area (Å²) in [6.45, 7) is -0.498. The molecule has 0 saturated carbocycles. The van der Waals surface area contributed by atoms with E-state index in [1.54, 1.807) is 83.7 Å². The van der Waals surface area contributed by atoms with Crippen molar-refractivity contribution in [2.75, 3.05) is 24.9 Å².